The molecule has 3 aliphatic rings. The van der Waals surface area contributed by atoms with Gasteiger partial charge < -0.3 is 9.64 Å². The fraction of sp³-hybridized carbons (Fsp3) is 0.294. The van der Waals surface area contributed by atoms with Crippen molar-refractivity contribution in [3.8, 4) is 0 Å². The van der Waals surface area contributed by atoms with Gasteiger partial charge in [0.25, 0.3) is 0 Å². The van der Waals surface area contributed by atoms with E-state index in [1.807, 2.05) is 63.3 Å². The Morgan fingerprint density at radius 3 is 2.18 bits per heavy atom. The summed E-state index contributed by atoms with van der Waals surface area (Å²) in [6.45, 7) is 14.8. The van der Waals surface area contributed by atoms with Crippen LogP contribution in [-0.4, -0.2) is 18.7 Å². The van der Waals surface area contributed by atoms with Gasteiger partial charge in [0.15, 0.2) is 0 Å². The molecule has 0 aromatic heterocycles. The fourth-order valence-corrected chi connectivity index (χ4v) is 5.37. The molecule has 0 amide bonds. The van der Waals surface area contributed by atoms with Crippen molar-refractivity contribution in [2.75, 3.05) is 11.9 Å². The van der Waals surface area contributed by atoms with Gasteiger partial charge in [-0.3, -0.25) is 4.99 Å². The van der Waals surface area contributed by atoms with E-state index in [1.165, 1.54) is 39.2 Å². The zero-order chi connectivity index (χ0) is 27.6. The van der Waals surface area contributed by atoms with Crippen LogP contribution in [0.1, 0.15) is 54.2 Å². The van der Waals surface area contributed by atoms with E-state index in [-0.39, 0.29) is 24.5 Å². The molecule has 2 aromatic rings. The molecule has 39 heavy (non-hydrogen) atoms. The van der Waals surface area contributed by atoms with Gasteiger partial charge in [0, 0.05) is 55.4 Å². The number of fused-ring (bicyclic) bond motifs is 2. The molecule has 2 aromatic carbocycles. The summed E-state index contributed by atoms with van der Waals surface area (Å²) in [4.78, 5) is 19.6. The van der Waals surface area contributed by atoms with Crippen LogP contribution in [0.3, 0.4) is 0 Å². The first-order valence-electron chi connectivity index (χ1n) is 13.4. The van der Waals surface area contributed by atoms with Gasteiger partial charge in [-0.25, -0.2) is 4.79 Å². The first kappa shape index (κ1) is 30.2. The average molecular weight is 558 g/mol. The van der Waals surface area contributed by atoms with Gasteiger partial charge >= 0.3 is 5.97 Å². The molecule has 0 spiro atoms. The number of hydrogen-bond donors (Lipinski definition) is 0. The van der Waals surface area contributed by atoms with Gasteiger partial charge in [0.1, 0.15) is 5.76 Å². The summed E-state index contributed by atoms with van der Waals surface area (Å²) >= 11 is 0. The van der Waals surface area contributed by atoms with Crippen LogP contribution in [0.15, 0.2) is 88.3 Å². The number of esters is 1. The van der Waals surface area contributed by atoms with Crippen LogP contribution in [0.2, 0.25) is 0 Å². The molecule has 1 radical (unpaired) electrons. The number of para-hydroxylation sites is 1. The molecular formula is C34H38N2O2V. The van der Waals surface area contributed by atoms with Crippen molar-refractivity contribution < 1.29 is 28.1 Å². The SMILES string of the molecule is CC.CC1=C(C2=Nc3ccccc3C2)C(=O)OC1=CC=CC=CC=C1Cc2c(C)c(C)c(C)c(C)c2N1C.[V]. The summed E-state index contributed by atoms with van der Waals surface area (Å²) in [5, 5.41) is 0. The Kier molecular flexibility index (Phi) is 9.82. The number of benzene rings is 2. The average Bonchev–Trinajstić information content (AvgIpc) is 3.57. The van der Waals surface area contributed by atoms with Gasteiger partial charge in [0.05, 0.1) is 17.0 Å². The molecule has 0 N–H and O–H groups in total. The number of carbonyl (C=O) groups is 1. The van der Waals surface area contributed by atoms with E-state index in [0.29, 0.717) is 17.8 Å². The third-order valence-corrected chi connectivity index (χ3v) is 7.82. The van der Waals surface area contributed by atoms with Crippen molar-refractivity contribution in [1.29, 1.82) is 0 Å². The number of hydrogen-bond acceptors (Lipinski definition) is 4. The van der Waals surface area contributed by atoms with Crippen molar-refractivity contribution in [2.45, 2.75) is 61.3 Å². The van der Waals surface area contributed by atoms with Crippen LogP contribution in [0, 0.1) is 27.7 Å². The number of rotatable bonds is 4. The smallest absolute Gasteiger partial charge is 0.345 e. The molecule has 0 bridgehead atoms. The minimum atomic E-state index is -0.320. The number of allylic oxidation sites excluding steroid dienone is 8. The number of cyclic esters (lactones) is 1. The molecular weight excluding hydrogens is 519 g/mol. The normalized spacial score (nSPS) is 18.0. The Balaban J connectivity index is 0.00000137. The van der Waals surface area contributed by atoms with Crippen molar-refractivity contribution in [3.63, 3.8) is 0 Å². The maximum atomic E-state index is 12.6. The van der Waals surface area contributed by atoms with E-state index in [2.05, 4.69) is 62.9 Å². The molecule has 0 saturated heterocycles. The zero-order valence-corrected chi connectivity index (χ0v) is 25.7. The summed E-state index contributed by atoms with van der Waals surface area (Å²) in [7, 11) is 2.15. The molecule has 0 fully saturated rings. The van der Waals surface area contributed by atoms with Crippen molar-refractivity contribution in [2.24, 2.45) is 4.99 Å². The predicted molar refractivity (Wildman–Crippen MR) is 159 cm³/mol. The summed E-state index contributed by atoms with van der Waals surface area (Å²) < 4.78 is 5.55. The van der Waals surface area contributed by atoms with E-state index >= 15 is 0 Å². The Morgan fingerprint density at radius 1 is 0.846 bits per heavy atom. The summed E-state index contributed by atoms with van der Waals surface area (Å²) in [5.41, 5.74) is 13.9. The Labute approximate surface area is 245 Å². The molecule has 0 saturated carbocycles. The number of ether oxygens (including phenoxy) is 1. The van der Waals surface area contributed by atoms with Crippen molar-refractivity contribution in [1.82, 2.24) is 0 Å². The van der Waals surface area contributed by atoms with Gasteiger partial charge in [-0.2, -0.15) is 0 Å². The molecule has 3 heterocycles. The number of carbonyl (C=O) groups excluding carboxylic acids is 1. The van der Waals surface area contributed by atoms with E-state index in [9.17, 15) is 4.79 Å². The second-order valence-corrected chi connectivity index (χ2v) is 9.78. The van der Waals surface area contributed by atoms with Gasteiger partial charge in [-0.1, -0.05) is 56.4 Å². The molecule has 5 heteroatoms. The van der Waals surface area contributed by atoms with Gasteiger partial charge in [-0.05, 0) is 86.2 Å². The predicted octanol–water partition coefficient (Wildman–Crippen LogP) is 8.02. The standard InChI is InChI=1S/C32H32N2O2.C2H6.V/c1-19-20(2)22(4)31-26(21(19)3)18-25(34(31)6)14-9-7-8-10-16-29-23(5)30(32(35)36-29)28-17-24-13-11-12-15-27(24)33-28;1-2;/h7-16H,17-18H2,1-6H3;1-2H3;. The van der Waals surface area contributed by atoms with E-state index in [1.54, 1.807) is 0 Å². The number of anilines is 1. The fourth-order valence-electron chi connectivity index (χ4n) is 5.37. The van der Waals surface area contributed by atoms with Gasteiger partial charge in [-0.15, -0.1) is 0 Å². The van der Waals surface area contributed by atoms with Crippen molar-refractivity contribution >= 4 is 23.1 Å². The molecule has 0 aliphatic carbocycles. The zero-order valence-electron chi connectivity index (χ0n) is 24.3. The maximum absolute atomic E-state index is 12.6. The maximum Gasteiger partial charge on any atom is 0.345 e. The van der Waals surface area contributed by atoms with Crippen LogP contribution in [-0.2, 0) is 40.9 Å². The molecule has 0 atom stereocenters. The van der Waals surface area contributed by atoms with Gasteiger partial charge in [0.2, 0.25) is 0 Å². The summed E-state index contributed by atoms with van der Waals surface area (Å²) in [6.07, 6.45) is 13.6. The summed E-state index contributed by atoms with van der Waals surface area (Å²) in [6, 6.07) is 7.99. The number of aliphatic imine (C=N–C) groups is 1. The minimum Gasteiger partial charge on any atom is -0.423 e. The topological polar surface area (TPSA) is 41.9 Å². The third kappa shape index (κ3) is 5.68. The Bertz CT molecular complexity index is 1480. The first-order chi connectivity index (χ1) is 18.3. The quantitative estimate of drug-likeness (QED) is 0.282. The number of likely N-dealkylation sites (N-methyl/N-ethyl adjacent to an activating group) is 1. The van der Waals surface area contributed by atoms with E-state index in [4.69, 9.17) is 4.74 Å². The Morgan fingerprint density at radius 2 is 1.49 bits per heavy atom. The number of nitrogens with zero attached hydrogens (tertiary/aromatic N) is 2. The van der Waals surface area contributed by atoms with Crippen LogP contribution >= 0.6 is 0 Å². The van der Waals surface area contributed by atoms with Crippen LogP contribution in [0.25, 0.3) is 0 Å². The second kappa shape index (κ2) is 12.7. The Hall–Kier alpha value is -3.34. The van der Waals surface area contributed by atoms with E-state index in [0.717, 1.165) is 29.0 Å². The third-order valence-electron chi connectivity index (χ3n) is 7.82. The summed E-state index contributed by atoms with van der Waals surface area (Å²) in [5.74, 6) is 0.262. The molecule has 5 rings (SSSR count). The van der Waals surface area contributed by atoms with Crippen molar-refractivity contribution in [3.05, 3.63) is 117 Å². The van der Waals surface area contributed by atoms with Crippen LogP contribution in [0.4, 0.5) is 11.4 Å². The monoisotopic (exact) mass is 557 g/mol. The van der Waals surface area contributed by atoms with Crippen LogP contribution < -0.4 is 4.90 Å². The molecule has 0 unspecified atom stereocenters. The molecule has 201 valence electrons. The van der Waals surface area contributed by atoms with Crippen LogP contribution in [0.5, 0.6) is 0 Å². The minimum absolute atomic E-state index is 0. The first-order valence-corrected chi connectivity index (χ1v) is 13.4. The molecule has 4 nitrogen and oxygen atoms in total. The second-order valence-electron chi connectivity index (χ2n) is 9.78. The van der Waals surface area contributed by atoms with E-state index < -0.39 is 0 Å². The largest absolute Gasteiger partial charge is 0.423 e. The molecule has 3 aliphatic heterocycles.